The van der Waals surface area contributed by atoms with Crippen molar-refractivity contribution in [1.29, 1.82) is 0 Å². The van der Waals surface area contributed by atoms with Crippen LogP contribution in [0.2, 0.25) is 0 Å². The molecule has 3 aliphatic rings. The first-order valence-electron chi connectivity index (χ1n) is 13.1. The maximum absolute atomic E-state index is 13.0. The fourth-order valence-electron chi connectivity index (χ4n) is 5.87. The Hall–Kier alpha value is -2.58. The predicted molar refractivity (Wildman–Crippen MR) is 133 cm³/mol. The Bertz CT molecular complexity index is 1060. The van der Waals surface area contributed by atoms with Crippen molar-refractivity contribution in [3.63, 3.8) is 0 Å². The molecule has 8 heteroatoms. The highest BCUT2D eigenvalue weighted by Crippen LogP contribution is 2.31. The molecule has 2 aliphatic heterocycles. The quantitative estimate of drug-likeness (QED) is 0.572. The number of hydrogen-bond acceptors (Lipinski definition) is 4. The first-order valence-corrected chi connectivity index (χ1v) is 13.1. The van der Waals surface area contributed by atoms with Crippen LogP contribution in [-0.2, 0) is 17.8 Å². The maximum atomic E-state index is 13.0. The molecular formula is C28H34F3N3O2. The maximum Gasteiger partial charge on any atom is 0.573 e. The van der Waals surface area contributed by atoms with Crippen molar-refractivity contribution in [1.82, 2.24) is 14.7 Å². The first kappa shape index (κ1) is 25.1. The summed E-state index contributed by atoms with van der Waals surface area (Å²) in [5.41, 5.74) is 3.90. The van der Waals surface area contributed by atoms with Crippen LogP contribution >= 0.6 is 0 Å². The minimum Gasteiger partial charge on any atom is -0.406 e. The molecule has 0 atom stereocenters. The molecule has 0 aromatic heterocycles. The van der Waals surface area contributed by atoms with Crippen LogP contribution < -0.4 is 4.74 Å². The number of nitrogens with zero attached hydrogens (tertiary/aromatic N) is 3. The standard InChI is InChI=1S/C28H34F3N3O2/c29-28(30,31)36-26-8-4-5-21(18-26)22-9-10-24-19-32(12-11-23(24)17-22)20-27(35)34-15-13-33(14-16-34)25-6-2-1-3-7-25/h4-5,8-10,17-18,25H,1-3,6-7,11-16,19-20H2. The Balaban J connectivity index is 1.15. The van der Waals surface area contributed by atoms with Gasteiger partial charge >= 0.3 is 6.36 Å². The molecule has 0 unspecified atom stereocenters. The van der Waals surface area contributed by atoms with E-state index in [1.54, 1.807) is 12.1 Å². The number of carbonyl (C=O) groups excluding carboxylic acids is 1. The number of halogens is 3. The fraction of sp³-hybridized carbons (Fsp3) is 0.536. The third-order valence-corrected chi connectivity index (χ3v) is 7.82. The van der Waals surface area contributed by atoms with Crippen LogP contribution in [0, 0.1) is 0 Å². The second-order valence-corrected chi connectivity index (χ2v) is 10.2. The van der Waals surface area contributed by atoms with Crippen molar-refractivity contribution < 1.29 is 22.7 Å². The van der Waals surface area contributed by atoms with Crippen LogP contribution in [0.3, 0.4) is 0 Å². The SMILES string of the molecule is O=C(CN1CCc2cc(-c3cccc(OC(F)(F)F)c3)ccc2C1)N1CCN(C2CCCCC2)CC1. The molecule has 1 saturated heterocycles. The number of alkyl halides is 3. The summed E-state index contributed by atoms with van der Waals surface area (Å²) in [4.78, 5) is 19.8. The molecular weight excluding hydrogens is 467 g/mol. The summed E-state index contributed by atoms with van der Waals surface area (Å²) >= 11 is 0. The topological polar surface area (TPSA) is 36.0 Å². The first-order chi connectivity index (χ1) is 17.3. The van der Waals surface area contributed by atoms with Crippen molar-refractivity contribution in [2.24, 2.45) is 0 Å². The molecule has 0 spiro atoms. The van der Waals surface area contributed by atoms with E-state index < -0.39 is 6.36 Å². The summed E-state index contributed by atoms with van der Waals surface area (Å²) in [6, 6.07) is 12.8. The molecule has 1 aliphatic carbocycles. The van der Waals surface area contributed by atoms with Crippen molar-refractivity contribution in [3.8, 4) is 16.9 Å². The number of fused-ring (bicyclic) bond motifs is 1. The minimum absolute atomic E-state index is 0.208. The smallest absolute Gasteiger partial charge is 0.406 e. The average Bonchev–Trinajstić information content (AvgIpc) is 2.88. The van der Waals surface area contributed by atoms with Crippen molar-refractivity contribution in [2.45, 2.75) is 57.5 Å². The van der Waals surface area contributed by atoms with Gasteiger partial charge in [-0.1, -0.05) is 49.6 Å². The van der Waals surface area contributed by atoms with E-state index in [9.17, 15) is 18.0 Å². The highest BCUT2D eigenvalue weighted by molar-refractivity contribution is 5.78. The van der Waals surface area contributed by atoms with Gasteiger partial charge in [-0.3, -0.25) is 14.6 Å². The molecule has 1 amide bonds. The molecule has 2 aromatic rings. The van der Waals surface area contributed by atoms with Gasteiger partial charge in [0.15, 0.2) is 0 Å². The van der Waals surface area contributed by atoms with Gasteiger partial charge < -0.3 is 9.64 Å². The minimum atomic E-state index is -4.71. The summed E-state index contributed by atoms with van der Waals surface area (Å²) in [5, 5.41) is 0. The van der Waals surface area contributed by atoms with E-state index in [1.165, 1.54) is 55.4 Å². The number of benzene rings is 2. The van der Waals surface area contributed by atoms with Gasteiger partial charge in [-0.15, -0.1) is 13.2 Å². The van der Waals surface area contributed by atoms with E-state index in [2.05, 4.69) is 14.5 Å². The van der Waals surface area contributed by atoms with Gasteiger partial charge in [0.1, 0.15) is 5.75 Å². The highest BCUT2D eigenvalue weighted by atomic mass is 19.4. The lowest BCUT2D eigenvalue weighted by molar-refractivity contribution is -0.274. The number of rotatable bonds is 5. The average molecular weight is 502 g/mol. The highest BCUT2D eigenvalue weighted by Gasteiger charge is 2.31. The zero-order valence-electron chi connectivity index (χ0n) is 20.6. The van der Waals surface area contributed by atoms with Crippen LogP contribution in [0.4, 0.5) is 13.2 Å². The van der Waals surface area contributed by atoms with Gasteiger partial charge in [0.25, 0.3) is 0 Å². The number of piperazine rings is 1. The van der Waals surface area contributed by atoms with E-state index in [4.69, 9.17) is 0 Å². The molecule has 0 radical (unpaired) electrons. The Kier molecular flexibility index (Phi) is 7.53. The van der Waals surface area contributed by atoms with Crippen molar-refractivity contribution >= 4 is 5.91 Å². The molecule has 5 nitrogen and oxygen atoms in total. The lowest BCUT2D eigenvalue weighted by Crippen LogP contribution is -2.54. The fourth-order valence-corrected chi connectivity index (χ4v) is 5.87. The Labute approximate surface area is 210 Å². The van der Waals surface area contributed by atoms with Gasteiger partial charge in [0.05, 0.1) is 6.54 Å². The summed E-state index contributed by atoms with van der Waals surface area (Å²) < 4.78 is 41.8. The van der Waals surface area contributed by atoms with Crippen LogP contribution in [0.1, 0.15) is 43.2 Å². The van der Waals surface area contributed by atoms with Gasteiger partial charge in [0.2, 0.25) is 5.91 Å². The van der Waals surface area contributed by atoms with Crippen LogP contribution in [-0.4, -0.2) is 72.3 Å². The number of amides is 1. The van der Waals surface area contributed by atoms with Crippen molar-refractivity contribution in [3.05, 3.63) is 53.6 Å². The molecule has 5 rings (SSSR count). The zero-order valence-corrected chi connectivity index (χ0v) is 20.6. The predicted octanol–water partition coefficient (Wildman–Crippen LogP) is 5.09. The van der Waals surface area contributed by atoms with E-state index in [0.717, 1.165) is 44.7 Å². The molecule has 0 bridgehead atoms. The Morgan fingerprint density at radius 2 is 1.64 bits per heavy atom. The summed E-state index contributed by atoms with van der Waals surface area (Å²) in [5.74, 6) is -0.0122. The lowest BCUT2D eigenvalue weighted by atomic mass is 9.94. The van der Waals surface area contributed by atoms with Crippen LogP contribution in [0.25, 0.3) is 11.1 Å². The summed E-state index contributed by atoms with van der Waals surface area (Å²) in [6.45, 7) is 5.54. The largest absolute Gasteiger partial charge is 0.573 e. The van der Waals surface area contributed by atoms with Crippen LogP contribution in [0.15, 0.2) is 42.5 Å². The molecule has 2 aromatic carbocycles. The zero-order chi connectivity index (χ0) is 25.1. The monoisotopic (exact) mass is 501 g/mol. The molecule has 36 heavy (non-hydrogen) atoms. The number of ether oxygens (including phenoxy) is 1. The van der Waals surface area contributed by atoms with E-state index in [1.807, 2.05) is 23.1 Å². The van der Waals surface area contributed by atoms with Gasteiger partial charge in [-0.2, -0.15) is 0 Å². The number of carbonyl (C=O) groups is 1. The van der Waals surface area contributed by atoms with E-state index >= 15 is 0 Å². The molecule has 0 N–H and O–H groups in total. The summed E-state index contributed by atoms with van der Waals surface area (Å²) in [6.07, 6.45) is 2.73. The van der Waals surface area contributed by atoms with Gasteiger partial charge in [-0.25, -0.2) is 0 Å². The summed E-state index contributed by atoms with van der Waals surface area (Å²) in [7, 11) is 0. The molecule has 1 saturated carbocycles. The van der Waals surface area contributed by atoms with E-state index in [-0.39, 0.29) is 11.7 Å². The Morgan fingerprint density at radius 1 is 0.889 bits per heavy atom. The third kappa shape index (κ3) is 6.21. The van der Waals surface area contributed by atoms with Gasteiger partial charge in [-0.05, 0) is 53.6 Å². The van der Waals surface area contributed by atoms with Gasteiger partial charge in [0, 0.05) is 45.3 Å². The second-order valence-electron chi connectivity index (χ2n) is 10.2. The molecule has 194 valence electrons. The molecule has 2 fully saturated rings. The molecule has 2 heterocycles. The normalized spacial score (nSPS) is 20.2. The second kappa shape index (κ2) is 10.8. The van der Waals surface area contributed by atoms with Crippen LogP contribution in [0.5, 0.6) is 5.75 Å². The van der Waals surface area contributed by atoms with E-state index in [0.29, 0.717) is 24.7 Å². The van der Waals surface area contributed by atoms with Crippen molar-refractivity contribution in [2.75, 3.05) is 39.3 Å². The Morgan fingerprint density at radius 3 is 2.39 bits per heavy atom. The third-order valence-electron chi connectivity index (χ3n) is 7.82. The lowest BCUT2D eigenvalue weighted by Gasteiger charge is -2.41. The number of hydrogen-bond donors (Lipinski definition) is 0.